The first-order chi connectivity index (χ1) is 6.06. The average molecular weight is 182 g/mol. The number of H-pyrrole nitrogens is 1. The van der Waals surface area contributed by atoms with E-state index < -0.39 is 0 Å². The summed E-state index contributed by atoms with van der Waals surface area (Å²) in [7, 11) is 0. The van der Waals surface area contributed by atoms with Crippen LogP contribution in [-0.2, 0) is 6.54 Å². The molecule has 0 aliphatic heterocycles. The van der Waals surface area contributed by atoms with Gasteiger partial charge in [0.2, 0.25) is 0 Å². The molecule has 4 nitrogen and oxygen atoms in total. The Bertz CT molecular complexity index is 370. The highest BCUT2D eigenvalue weighted by Gasteiger charge is 2.04. The predicted molar refractivity (Wildman–Crippen MR) is 51.1 cm³/mol. The van der Waals surface area contributed by atoms with E-state index in [0.29, 0.717) is 12.2 Å². The molecule has 0 fully saturated rings. The van der Waals surface area contributed by atoms with E-state index in [2.05, 4.69) is 4.98 Å². The van der Waals surface area contributed by atoms with Gasteiger partial charge in [-0.25, -0.2) is 4.79 Å². The van der Waals surface area contributed by atoms with Crippen LogP contribution in [-0.4, -0.2) is 9.55 Å². The molecule has 72 valence electrons. The van der Waals surface area contributed by atoms with Gasteiger partial charge in [0, 0.05) is 18.3 Å². The van der Waals surface area contributed by atoms with Crippen LogP contribution in [0.2, 0.25) is 0 Å². The maximum Gasteiger partial charge on any atom is 0.328 e. The Balaban J connectivity index is 3.38. The van der Waals surface area contributed by atoms with Crippen molar-refractivity contribution < 1.29 is 0 Å². The lowest BCUT2D eigenvalue weighted by atomic mass is 10.1. The lowest BCUT2D eigenvalue weighted by Gasteiger charge is -2.06. The van der Waals surface area contributed by atoms with Gasteiger partial charge in [-0.2, -0.15) is 0 Å². The molecule has 0 atom stereocenters. The molecule has 0 saturated carbocycles. The minimum absolute atomic E-state index is 0.173. The third-order valence-electron chi connectivity index (χ3n) is 1.98. The van der Waals surface area contributed by atoms with Crippen molar-refractivity contribution in [1.29, 1.82) is 0 Å². The molecule has 1 heterocycles. The van der Waals surface area contributed by atoms with Crippen LogP contribution in [0.1, 0.15) is 32.4 Å². The van der Waals surface area contributed by atoms with Gasteiger partial charge in [-0.05, 0) is 12.8 Å². The van der Waals surface area contributed by atoms with Crippen LogP contribution < -0.4 is 11.2 Å². The van der Waals surface area contributed by atoms with Crippen LogP contribution in [0.25, 0.3) is 0 Å². The van der Waals surface area contributed by atoms with Crippen LogP contribution in [0, 0.1) is 0 Å². The second-order valence-electron chi connectivity index (χ2n) is 3.27. The van der Waals surface area contributed by atoms with Gasteiger partial charge in [-0.3, -0.25) is 9.36 Å². The fourth-order valence-corrected chi connectivity index (χ4v) is 1.15. The third-order valence-corrected chi connectivity index (χ3v) is 1.98. The number of hydrogen-bond donors (Lipinski definition) is 1. The van der Waals surface area contributed by atoms with Crippen LogP contribution in [0.3, 0.4) is 0 Å². The van der Waals surface area contributed by atoms with E-state index in [1.807, 2.05) is 13.8 Å². The first kappa shape index (κ1) is 9.77. The summed E-state index contributed by atoms with van der Waals surface area (Å²) in [5.41, 5.74) is 0.147. The molecule has 1 aromatic heterocycles. The van der Waals surface area contributed by atoms with Gasteiger partial charge in [0.15, 0.2) is 0 Å². The minimum Gasteiger partial charge on any atom is -0.311 e. The fourth-order valence-electron chi connectivity index (χ4n) is 1.15. The molecule has 0 aromatic carbocycles. The highest BCUT2D eigenvalue weighted by Crippen LogP contribution is 2.05. The lowest BCUT2D eigenvalue weighted by molar-refractivity contribution is 0.651. The zero-order valence-electron chi connectivity index (χ0n) is 8.13. The van der Waals surface area contributed by atoms with Crippen LogP contribution in [0.4, 0.5) is 0 Å². The number of aromatic nitrogens is 2. The molecular weight excluding hydrogens is 168 g/mol. The summed E-state index contributed by atoms with van der Waals surface area (Å²) < 4.78 is 1.17. The van der Waals surface area contributed by atoms with E-state index in [-0.39, 0.29) is 17.2 Å². The predicted octanol–water partition coefficient (Wildman–Crippen LogP) is 0.680. The molecule has 0 bridgehead atoms. The molecule has 1 N–H and O–H groups in total. The average Bonchev–Trinajstić information content (AvgIpc) is 2.03. The van der Waals surface area contributed by atoms with Crippen LogP contribution in [0.15, 0.2) is 15.7 Å². The van der Waals surface area contributed by atoms with E-state index in [4.69, 9.17) is 0 Å². The third kappa shape index (κ3) is 1.88. The molecular formula is C9H14N2O2. The highest BCUT2D eigenvalue weighted by molar-refractivity contribution is 5.04. The van der Waals surface area contributed by atoms with E-state index in [9.17, 15) is 9.59 Å². The quantitative estimate of drug-likeness (QED) is 0.731. The van der Waals surface area contributed by atoms with Crippen molar-refractivity contribution in [3.05, 3.63) is 32.6 Å². The van der Waals surface area contributed by atoms with E-state index in [0.717, 1.165) is 0 Å². The summed E-state index contributed by atoms with van der Waals surface area (Å²) in [6, 6.07) is 1.48. The van der Waals surface area contributed by atoms with Crippen LogP contribution in [0.5, 0.6) is 0 Å². The van der Waals surface area contributed by atoms with E-state index in [1.165, 1.54) is 10.6 Å². The molecule has 0 aliphatic rings. The smallest absolute Gasteiger partial charge is 0.311 e. The Labute approximate surface area is 76.2 Å². The number of nitrogens with one attached hydrogen (secondary N) is 1. The van der Waals surface area contributed by atoms with Gasteiger partial charge < -0.3 is 4.98 Å². The molecule has 0 radical (unpaired) electrons. The standard InChI is InChI=1S/C9H14N2O2/c1-4-11-8(12)5-7(6(2)3)10-9(11)13/h5-6H,4H2,1-3H3,(H,10,13). The molecule has 13 heavy (non-hydrogen) atoms. The fraction of sp³-hybridized carbons (Fsp3) is 0.556. The molecule has 1 rings (SSSR count). The zero-order valence-corrected chi connectivity index (χ0v) is 8.13. The first-order valence-corrected chi connectivity index (χ1v) is 4.40. The molecule has 0 aliphatic carbocycles. The van der Waals surface area contributed by atoms with Crippen molar-refractivity contribution in [2.24, 2.45) is 0 Å². The summed E-state index contributed by atoms with van der Waals surface area (Å²) in [5.74, 6) is 0.173. The van der Waals surface area contributed by atoms with Gasteiger partial charge in [0.25, 0.3) is 5.56 Å². The van der Waals surface area contributed by atoms with E-state index in [1.54, 1.807) is 6.92 Å². The Morgan fingerprint density at radius 1 is 1.46 bits per heavy atom. The lowest BCUT2D eigenvalue weighted by Crippen LogP contribution is -2.35. The summed E-state index contributed by atoms with van der Waals surface area (Å²) in [6.45, 7) is 6.04. The highest BCUT2D eigenvalue weighted by atomic mass is 16.2. The van der Waals surface area contributed by atoms with Gasteiger partial charge in [-0.15, -0.1) is 0 Å². The Morgan fingerprint density at radius 2 is 2.08 bits per heavy atom. The molecule has 1 aromatic rings. The first-order valence-electron chi connectivity index (χ1n) is 4.40. The molecule has 0 unspecified atom stereocenters. The summed E-state index contributed by atoms with van der Waals surface area (Å²) in [4.78, 5) is 25.3. The van der Waals surface area contributed by atoms with Gasteiger partial charge in [-0.1, -0.05) is 13.8 Å². The number of nitrogens with zero attached hydrogens (tertiary/aromatic N) is 1. The Hall–Kier alpha value is -1.32. The molecule has 0 amide bonds. The monoisotopic (exact) mass is 182 g/mol. The summed E-state index contributed by atoms with van der Waals surface area (Å²) in [5, 5.41) is 0. The maximum atomic E-state index is 11.3. The molecule has 0 spiro atoms. The van der Waals surface area contributed by atoms with Gasteiger partial charge >= 0.3 is 5.69 Å². The van der Waals surface area contributed by atoms with Crippen molar-refractivity contribution in [3.63, 3.8) is 0 Å². The topological polar surface area (TPSA) is 54.9 Å². The number of rotatable bonds is 2. The molecule has 0 saturated heterocycles. The second-order valence-corrected chi connectivity index (χ2v) is 3.27. The van der Waals surface area contributed by atoms with Crippen molar-refractivity contribution in [2.45, 2.75) is 33.2 Å². The zero-order chi connectivity index (χ0) is 10.0. The second kappa shape index (κ2) is 3.60. The van der Waals surface area contributed by atoms with Gasteiger partial charge in [0.1, 0.15) is 0 Å². The SMILES string of the molecule is CCn1c(=O)cc(C(C)C)[nH]c1=O. The largest absolute Gasteiger partial charge is 0.328 e. The normalized spacial score (nSPS) is 10.8. The summed E-state index contributed by atoms with van der Waals surface area (Å²) >= 11 is 0. The van der Waals surface area contributed by atoms with Crippen LogP contribution >= 0.6 is 0 Å². The minimum atomic E-state index is -0.321. The van der Waals surface area contributed by atoms with Crippen molar-refractivity contribution in [1.82, 2.24) is 9.55 Å². The Morgan fingerprint density at radius 3 is 2.46 bits per heavy atom. The molecule has 4 heteroatoms. The summed E-state index contributed by atoms with van der Waals surface area (Å²) in [6.07, 6.45) is 0. The van der Waals surface area contributed by atoms with Crippen molar-refractivity contribution in [2.75, 3.05) is 0 Å². The van der Waals surface area contributed by atoms with E-state index >= 15 is 0 Å². The van der Waals surface area contributed by atoms with Gasteiger partial charge in [0.05, 0.1) is 0 Å². The number of hydrogen-bond acceptors (Lipinski definition) is 2. The van der Waals surface area contributed by atoms with Crippen molar-refractivity contribution >= 4 is 0 Å². The van der Waals surface area contributed by atoms with Crippen molar-refractivity contribution in [3.8, 4) is 0 Å². The maximum absolute atomic E-state index is 11.3. The number of aromatic amines is 1. The Kier molecular flexibility index (Phi) is 2.70.